The van der Waals surface area contributed by atoms with Crippen molar-refractivity contribution in [3.05, 3.63) is 101 Å². The van der Waals surface area contributed by atoms with Crippen LogP contribution in [0.1, 0.15) is 29.7 Å². The van der Waals surface area contributed by atoms with Crippen molar-refractivity contribution in [1.29, 1.82) is 0 Å². The molecule has 0 radical (unpaired) electrons. The molecule has 0 unspecified atom stereocenters. The minimum atomic E-state index is -0.497. The number of fused-ring (bicyclic) bond motifs is 1. The molecule has 0 bridgehead atoms. The number of carbonyl (C=O) groups excluding carboxylic acids is 1. The average Bonchev–Trinajstić information content (AvgIpc) is 3.40. The predicted molar refractivity (Wildman–Crippen MR) is 145 cm³/mol. The van der Waals surface area contributed by atoms with Gasteiger partial charge in [-0.3, -0.25) is 4.79 Å². The predicted octanol–water partition coefficient (Wildman–Crippen LogP) is 5.11. The number of methoxy groups -OCH3 is 2. The summed E-state index contributed by atoms with van der Waals surface area (Å²) in [5.41, 5.74) is 4.90. The smallest absolute Gasteiger partial charge is 0.255 e. The molecule has 1 atom stereocenters. The van der Waals surface area contributed by atoms with E-state index < -0.39 is 6.04 Å². The molecule has 0 saturated carbocycles. The van der Waals surface area contributed by atoms with Gasteiger partial charge in [0, 0.05) is 11.8 Å². The van der Waals surface area contributed by atoms with E-state index in [1.54, 1.807) is 37.1 Å². The van der Waals surface area contributed by atoms with Gasteiger partial charge in [0.15, 0.2) is 0 Å². The van der Waals surface area contributed by atoms with Gasteiger partial charge in [0.1, 0.15) is 36.2 Å². The van der Waals surface area contributed by atoms with Crippen LogP contribution in [0.4, 0.5) is 11.6 Å². The van der Waals surface area contributed by atoms with Crippen molar-refractivity contribution in [2.75, 3.05) is 24.9 Å². The van der Waals surface area contributed by atoms with Crippen molar-refractivity contribution in [2.24, 2.45) is 0 Å². The minimum Gasteiger partial charge on any atom is -0.497 e. The monoisotopic (exact) mass is 511 g/mol. The molecular weight excluding hydrogens is 482 g/mol. The number of ether oxygens (including phenoxy) is 3. The standard InChI is InChI=1S/C29H29N5O4/c1-18-7-5-6-8-21(18)16-38-22-11-9-20(10-12-22)27-26(19(2)32-29-30-17-31-34(27)29)28(35)33-24-14-13-23(36-3)15-25(24)37-4/h5-15,17,27H,16H2,1-4H3,(H,33,35)(H,30,31,32)/t27-/m1/s1. The molecule has 38 heavy (non-hydrogen) atoms. The van der Waals surface area contributed by atoms with E-state index in [0.29, 0.717) is 41.0 Å². The van der Waals surface area contributed by atoms with E-state index in [1.165, 1.54) is 11.9 Å². The van der Waals surface area contributed by atoms with Gasteiger partial charge in [-0.15, -0.1) is 0 Å². The number of hydrogen-bond acceptors (Lipinski definition) is 7. The number of aryl methyl sites for hydroxylation is 1. The summed E-state index contributed by atoms with van der Waals surface area (Å²) in [7, 11) is 3.12. The largest absolute Gasteiger partial charge is 0.497 e. The van der Waals surface area contributed by atoms with Gasteiger partial charge in [0.2, 0.25) is 5.95 Å². The molecule has 4 aromatic rings. The van der Waals surface area contributed by atoms with E-state index >= 15 is 0 Å². The summed E-state index contributed by atoms with van der Waals surface area (Å²) in [6.07, 6.45) is 1.47. The molecule has 0 saturated heterocycles. The van der Waals surface area contributed by atoms with Crippen molar-refractivity contribution >= 4 is 17.5 Å². The normalized spacial score (nSPS) is 14.4. The van der Waals surface area contributed by atoms with Crippen molar-refractivity contribution in [3.8, 4) is 17.2 Å². The summed E-state index contributed by atoms with van der Waals surface area (Å²) in [5.74, 6) is 2.13. The zero-order valence-electron chi connectivity index (χ0n) is 21.7. The van der Waals surface area contributed by atoms with Gasteiger partial charge in [0.25, 0.3) is 5.91 Å². The van der Waals surface area contributed by atoms with Gasteiger partial charge < -0.3 is 24.8 Å². The highest BCUT2D eigenvalue weighted by Gasteiger charge is 2.33. The van der Waals surface area contributed by atoms with Gasteiger partial charge in [-0.25, -0.2) is 4.68 Å². The van der Waals surface area contributed by atoms with Crippen molar-refractivity contribution < 1.29 is 19.0 Å². The molecule has 3 aromatic carbocycles. The molecule has 1 aromatic heterocycles. The summed E-state index contributed by atoms with van der Waals surface area (Å²) in [4.78, 5) is 18.0. The Morgan fingerprint density at radius 3 is 2.50 bits per heavy atom. The van der Waals surface area contributed by atoms with Crippen LogP contribution in [-0.2, 0) is 11.4 Å². The highest BCUT2D eigenvalue weighted by molar-refractivity contribution is 6.06. The van der Waals surface area contributed by atoms with Crippen LogP contribution in [0.25, 0.3) is 0 Å². The lowest BCUT2D eigenvalue weighted by atomic mass is 9.95. The number of aromatic nitrogens is 3. The van der Waals surface area contributed by atoms with Crippen LogP contribution in [0.5, 0.6) is 17.2 Å². The third-order valence-electron chi connectivity index (χ3n) is 6.55. The van der Waals surface area contributed by atoms with Crippen molar-refractivity contribution in [3.63, 3.8) is 0 Å². The van der Waals surface area contributed by atoms with E-state index in [0.717, 1.165) is 16.9 Å². The fraction of sp³-hybridized carbons (Fsp3) is 0.207. The summed E-state index contributed by atoms with van der Waals surface area (Å²) in [6, 6.07) is 20.6. The highest BCUT2D eigenvalue weighted by atomic mass is 16.5. The number of anilines is 2. The maximum absolute atomic E-state index is 13.7. The third kappa shape index (κ3) is 4.90. The topological polar surface area (TPSA) is 99.5 Å². The number of allylic oxidation sites excluding steroid dienone is 1. The zero-order valence-corrected chi connectivity index (χ0v) is 21.7. The first-order valence-corrected chi connectivity index (χ1v) is 12.2. The minimum absolute atomic E-state index is 0.288. The Hall–Kier alpha value is -4.79. The molecule has 2 heterocycles. The lowest BCUT2D eigenvalue weighted by Gasteiger charge is -2.29. The van der Waals surface area contributed by atoms with E-state index in [1.807, 2.05) is 43.3 Å². The van der Waals surface area contributed by atoms with Crippen LogP contribution >= 0.6 is 0 Å². The second-order valence-corrected chi connectivity index (χ2v) is 8.90. The van der Waals surface area contributed by atoms with E-state index in [4.69, 9.17) is 14.2 Å². The number of hydrogen-bond donors (Lipinski definition) is 2. The Morgan fingerprint density at radius 2 is 1.76 bits per heavy atom. The van der Waals surface area contributed by atoms with Crippen molar-refractivity contribution in [2.45, 2.75) is 26.5 Å². The van der Waals surface area contributed by atoms with Crippen LogP contribution in [0, 0.1) is 6.92 Å². The number of nitrogens with zero attached hydrogens (tertiary/aromatic N) is 3. The third-order valence-corrected chi connectivity index (χ3v) is 6.55. The lowest BCUT2D eigenvalue weighted by molar-refractivity contribution is -0.113. The first kappa shape index (κ1) is 24.9. The molecule has 0 aliphatic carbocycles. The number of carbonyl (C=O) groups is 1. The van der Waals surface area contributed by atoms with Gasteiger partial charge >= 0.3 is 0 Å². The Kier molecular flexibility index (Phi) is 6.99. The molecule has 194 valence electrons. The number of benzene rings is 3. The first-order valence-electron chi connectivity index (χ1n) is 12.2. The second kappa shape index (κ2) is 10.7. The number of amides is 1. The molecule has 2 N–H and O–H groups in total. The van der Waals surface area contributed by atoms with Crippen molar-refractivity contribution in [1.82, 2.24) is 14.8 Å². The SMILES string of the molecule is COc1ccc(NC(=O)C2=C(C)Nc3ncnn3[C@@H]2c2ccc(OCc3ccccc3C)cc2)c(OC)c1. The molecule has 5 rings (SSSR count). The Morgan fingerprint density at radius 1 is 1.00 bits per heavy atom. The number of nitrogens with one attached hydrogen (secondary N) is 2. The molecule has 1 amide bonds. The van der Waals surface area contributed by atoms with E-state index in [-0.39, 0.29) is 5.91 Å². The Labute approximate surface area is 221 Å². The maximum atomic E-state index is 13.7. The fourth-order valence-electron chi connectivity index (χ4n) is 4.46. The van der Waals surface area contributed by atoms with Gasteiger partial charge in [-0.2, -0.15) is 10.1 Å². The fourth-order valence-corrected chi connectivity index (χ4v) is 4.46. The van der Waals surface area contributed by atoms with Crippen LogP contribution in [0.2, 0.25) is 0 Å². The Balaban J connectivity index is 1.42. The summed E-state index contributed by atoms with van der Waals surface area (Å²) in [5, 5.41) is 10.6. The Bertz CT molecular complexity index is 1490. The second-order valence-electron chi connectivity index (χ2n) is 8.90. The zero-order chi connectivity index (χ0) is 26.6. The van der Waals surface area contributed by atoms with Gasteiger partial charge in [-0.1, -0.05) is 36.4 Å². The highest BCUT2D eigenvalue weighted by Crippen LogP contribution is 2.37. The molecule has 0 fully saturated rings. The lowest BCUT2D eigenvalue weighted by Crippen LogP contribution is -2.31. The maximum Gasteiger partial charge on any atom is 0.255 e. The van der Waals surface area contributed by atoms with Crippen LogP contribution in [0.3, 0.4) is 0 Å². The first-order chi connectivity index (χ1) is 18.5. The summed E-state index contributed by atoms with van der Waals surface area (Å²) >= 11 is 0. The van der Waals surface area contributed by atoms with Crippen LogP contribution in [-0.4, -0.2) is 34.9 Å². The van der Waals surface area contributed by atoms with Gasteiger partial charge in [0.05, 0.1) is 25.5 Å². The summed E-state index contributed by atoms with van der Waals surface area (Å²) in [6.45, 7) is 4.39. The summed E-state index contributed by atoms with van der Waals surface area (Å²) < 4.78 is 18.5. The molecule has 1 aliphatic rings. The number of rotatable bonds is 8. The van der Waals surface area contributed by atoms with Crippen LogP contribution in [0.15, 0.2) is 84.3 Å². The van der Waals surface area contributed by atoms with E-state index in [2.05, 4.69) is 39.8 Å². The van der Waals surface area contributed by atoms with Crippen LogP contribution < -0.4 is 24.8 Å². The molecule has 9 heteroatoms. The quantitative estimate of drug-likeness (QED) is 0.339. The molecule has 1 aliphatic heterocycles. The molecule has 0 spiro atoms. The van der Waals surface area contributed by atoms with E-state index in [9.17, 15) is 4.79 Å². The molecule has 9 nitrogen and oxygen atoms in total. The average molecular weight is 512 g/mol. The molecular formula is C29H29N5O4. The van der Waals surface area contributed by atoms with Gasteiger partial charge in [-0.05, 0) is 54.8 Å².